The van der Waals surface area contributed by atoms with E-state index in [1.807, 2.05) is 13.0 Å². The predicted molar refractivity (Wildman–Crippen MR) is 56.9 cm³/mol. The van der Waals surface area contributed by atoms with E-state index in [-0.39, 0.29) is 5.82 Å². The van der Waals surface area contributed by atoms with E-state index < -0.39 is 0 Å². The first-order valence-corrected chi connectivity index (χ1v) is 4.75. The van der Waals surface area contributed by atoms with Crippen molar-refractivity contribution in [2.45, 2.75) is 19.8 Å². The molecule has 0 bridgehead atoms. The SMILES string of the molecule is CCCN=C(N)Cc1cccc(F)c1. The van der Waals surface area contributed by atoms with Crippen molar-refractivity contribution in [2.24, 2.45) is 10.7 Å². The van der Waals surface area contributed by atoms with Crippen LogP contribution in [0.25, 0.3) is 0 Å². The zero-order chi connectivity index (χ0) is 10.4. The molecule has 3 heteroatoms. The Hall–Kier alpha value is -1.38. The lowest BCUT2D eigenvalue weighted by molar-refractivity contribution is 0.626. The Morgan fingerprint density at radius 3 is 2.93 bits per heavy atom. The monoisotopic (exact) mass is 194 g/mol. The standard InChI is InChI=1S/C11H15FN2/c1-2-6-14-11(13)8-9-4-3-5-10(12)7-9/h3-5,7H,2,6,8H2,1H3,(H2,13,14). The minimum absolute atomic E-state index is 0.231. The highest BCUT2D eigenvalue weighted by Crippen LogP contribution is 2.04. The number of rotatable bonds is 4. The van der Waals surface area contributed by atoms with Gasteiger partial charge in [-0.1, -0.05) is 19.1 Å². The Morgan fingerprint density at radius 2 is 2.29 bits per heavy atom. The van der Waals surface area contributed by atoms with Crippen molar-refractivity contribution in [3.63, 3.8) is 0 Å². The first kappa shape index (κ1) is 10.7. The van der Waals surface area contributed by atoms with Crippen molar-refractivity contribution in [1.29, 1.82) is 0 Å². The number of amidine groups is 1. The molecule has 0 saturated heterocycles. The molecule has 0 aliphatic carbocycles. The van der Waals surface area contributed by atoms with E-state index in [9.17, 15) is 4.39 Å². The molecular weight excluding hydrogens is 179 g/mol. The van der Waals surface area contributed by atoms with E-state index in [4.69, 9.17) is 5.73 Å². The van der Waals surface area contributed by atoms with Crippen LogP contribution in [0.4, 0.5) is 4.39 Å². The number of nitrogens with zero attached hydrogens (tertiary/aromatic N) is 1. The maximum Gasteiger partial charge on any atom is 0.123 e. The van der Waals surface area contributed by atoms with Crippen LogP contribution in [-0.2, 0) is 6.42 Å². The van der Waals surface area contributed by atoms with Crippen LogP contribution >= 0.6 is 0 Å². The normalized spacial score (nSPS) is 11.7. The third kappa shape index (κ3) is 3.56. The van der Waals surface area contributed by atoms with Crippen LogP contribution in [0.5, 0.6) is 0 Å². The average molecular weight is 194 g/mol. The number of aliphatic imine (C=N–C) groups is 1. The van der Waals surface area contributed by atoms with Crippen LogP contribution in [-0.4, -0.2) is 12.4 Å². The maximum absolute atomic E-state index is 12.8. The van der Waals surface area contributed by atoms with Gasteiger partial charge in [0.2, 0.25) is 0 Å². The lowest BCUT2D eigenvalue weighted by Crippen LogP contribution is -2.15. The summed E-state index contributed by atoms with van der Waals surface area (Å²) in [5.74, 6) is 0.336. The summed E-state index contributed by atoms with van der Waals surface area (Å²) in [4.78, 5) is 4.14. The second kappa shape index (κ2) is 5.37. The fraction of sp³-hybridized carbons (Fsp3) is 0.364. The summed E-state index contributed by atoms with van der Waals surface area (Å²) < 4.78 is 12.8. The van der Waals surface area contributed by atoms with E-state index in [0.717, 1.165) is 18.5 Å². The molecule has 2 nitrogen and oxygen atoms in total. The predicted octanol–water partition coefficient (Wildman–Crippen LogP) is 2.14. The number of halogens is 1. The number of hydrogen-bond acceptors (Lipinski definition) is 1. The van der Waals surface area contributed by atoms with Crippen molar-refractivity contribution < 1.29 is 4.39 Å². The summed E-state index contributed by atoms with van der Waals surface area (Å²) >= 11 is 0. The van der Waals surface area contributed by atoms with Crippen LogP contribution in [0.1, 0.15) is 18.9 Å². The van der Waals surface area contributed by atoms with Gasteiger partial charge in [0.25, 0.3) is 0 Å². The van der Waals surface area contributed by atoms with Crippen LogP contribution in [0, 0.1) is 5.82 Å². The van der Waals surface area contributed by atoms with E-state index in [2.05, 4.69) is 4.99 Å². The molecule has 0 radical (unpaired) electrons. The second-order valence-electron chi connectivity index (χ2n) is 3.18. The van der Waals surface area contributed by atoms with Crippen molar-refractivity contribution in [2.75, 3.05) is 6.54 Å². The quantitative estimate of drug-likeness (QED) is 0.578. The number of nitrogens with two attached hydrogens (primary N) is 1. The minimum atomic E-state index is -0.231. The summed E-state index contributed by atoms with van der Waals surface area (Å²) in [6, 6.07) is 6.42. The molecule has 0 spiro atoms. The molecule has 0 aliphatic heterocycles. The topological polar surface area (TPSA) is 38.4 Å². The van der Waals surface area contributed by atoms with Gasteiger partial charge in [-0.15, -0.1) is 0 Å². The largest absolute Gasteiger partial charge is 0.387 e. The van der Waals surface area contributed by atoms with Gasteiger partial charge < -0.3 is 5.73 Å². The minimum Gasteiger partial charge on any atom is -0.387 e. The van der Waals surface area contributed by atoms with E-state index in [1.54, 1.807) is 6.07 Å². The van der Waals surface area contributed by atoms with Crippen LogP contribution < -0.4 is 5.73 Å². The van der Waals surface area contributed by atoms with E-state index in [0.29, 0.717) is 12.3 Å². The van der Waals surface area contributed by atoms with Crippen molar-refractivity contribution in [3.8, 4) is 0 Å². The van der Waals surface area contributed by atoms with Gasteiger partial charge in [-0.25, -0.2) is 4.39 Å². The molecule has 0 amide bonds. The molecule has 0 heterocycles. The molecule has 76 valence electrons. The molecule has 0 saturated carbocycles. The molecule has 1 aromatic carbocycles. The third-order valence-electron chi connectivity index (χ3n) is 1.81. The Kier molecular flexibility index (Phi) is 4.11. The highest BCUT2D eigenvalue weighted by atomic mass is 19.1. The molecule has 0 aliphatic rings. The third-order valence-corrected chi connectivity index (χ3v) is 1.81. The smallest absolute Gasteiger partial charge is 0.123 e. The lowest BCUT2D eigenvalue weighted by atomic mass is 10.1. The molecule has 0 aromatic heterocycles. The molecule has 1 aromatic rings. The van der Waals surface area contributed by atoms with Gasteiger partial charge in [0.05, 0.1) is 5.84 Å². The summed E-state index contributed by atoms with van der Waals surface area (Å²) in [7, 11) is 0. The van der Waals surface area contributed by atoms with Gasteiger partial charge in [-0.3, -0.25) is 4.99 Å². The zero-order valence-corrected chi connectivity index (χ0v) is 8.33. The molecular formula is C11H15FN2. The summed E-state index contributed by atoms with van der Waals surface area (Å²) in [5.41, 5.74) is 6.53. The fourth-order valence-corrected chi connectivity index (χ4v) is 1.17. The van der Waals surface area contributed by atoms with Crippen LogP contribution in [0.3, 0.4) is 0 Å². The average Bonchev–Trinajstić information content (AvgIpc) is 2.15. The first-order valence-electron chi connectivity index (χ1n) is 4.75. The molecule has 0 fully saturated rings. The van der Waals surface area contributed by atoms with Crippen LogP contribution in [0.15, 0.2) is 29.3 Å². The lowest BCUT2D eigenvalue weighted by Gasteiger charge is -2.01. The Balaban J connectivity index is 2.60. The maximum atomic E-state index is 12.8. The molecule has 0 unspecified atom stereocenters. The van der Waals surface area contributed by atoms with Gasteiger partial charge in [-0.2, -0.15) is 0 Å². The Bertz CT molecular complexity index is 321. The van der Waals surface area contributed by atoms with Crippen molar-refractivity contribution in [1.82, 2.24) is 0 Å². The van der Waals surface area contributed by atoms with Crippen LogP contribution in [0.2, 0.25) is 0 Å². The second-order valence-corrected chi connectivity index (χ2v) is 3.18. The van der Waals surface area contributed by atoms with E-state index >= 15 is 0 Å². The van der Waals surface area contributed by atoms with Gasteiger partial charge in [0.1, 0.15) is 5.82 Å². The van der Waals surface area contributed by atoms with Gasteiger partial charge in [-0.05, 0) is 24.1 Å². The highest BCUT2D eigenvalue weighted by molar-refractivity contribution is 5.82. The fourth-order valence-electron chi connectivity index (χ4n) is 1.17. The highest BCUT2D eigenvalue weighted by Gasteiger charge is 1.97. The summed E-state index contributed by atoms with van der Waals surface area (Å²) in [5, 5.41) is 0. The van der Waals surface area contributed by atoms with Gasteiger partial charge in [0.15, 0.2) is 0 Å². The number of hydrogen-bond donors (Lipinski definition) is 1. The van der Waals surface area contributed by atoms with Gasteiger partial charge >= 0.3 is 0 Å². The van der Waals surface area contributed by atoms with Gasteiger partial charge in [0, 0.05) is 13.0 Å². The summed E-state index contributed by atoms with van der Waals surface area (Å²) in [6.45, 7) is 2.78. The summed E-state index contributed by atoms with van der Waals surface area (Å²) in [6.07, 6.45) is 1.50. The Morgan fingerprint density at radius 1 is 1.50 bits per heavy atom. The van der Waals surface area contributed by atoms with Crippen molar-refractivity contribution in [3.05, 3.63) is 35.6 Å². The first-order chi connectivity index (χ1) is 6.72. The zero-order valence-electron chi connectivity index (χ0n) is 8.33. The molecule has 1 rings (SSSR count). The molecule has 0 atom stereocenters. The molecule has 14 heavy (non-hydrogen) atoms. The number of benzene rings is 1. The Labute approximate surface area is 83.7 Å². The van der Waals surface area contributed by atoms with Crippen molar-refractivity contribution >= 4 is 5.84 Å². The van der Waals surface area contributed by atoms with E-state index in [1.165, 1.54) is 12.1 Å². The molecule has 2 N–H and O–H groups in total.